The Kier molecular flexibility index (Phi) is 10.1. The van der Waals surface area contributed by atoms with Crippen molar-refractivity contribution in [3.63, 3.8) is 0 Å². The number of hydrogen-bond acceptors (Lipinski definition) is 7. The lowest BCUT2D eigenvalue weighted by atomic mass is 9.97. The summed E-state index contributed by atoms with van der Waals surface area (Å²) in [6.07, 6.45) is 1.26. The van der Waals surface area contributed by atoms with Crippen molar-refractivity contribution < 1.29 is 23.8 Å². The zero-order chi connectivity index (χ0) is 27.7. The Balaban J connectivity index is 2.08. The molecule has 0 spiro atoms. The second-order valence-corrected chi connectivity index (χ2v) is 9.61. The van der Waals surface area contributed by atoms with Crippen LogP contribution in [0.4, 0.5) is 0 Å². The SMILES string of the molecule is CCOCCCN(C(=O)Cn1nnc2ccccc21)[C@@H](C(=O)NC(C)(C)CC)c1cc(OC)ccc1OC. The Morgan fingerprint density at radius 1 is 1.11 bits per heavy atom. The first-order chi connectivity index (χ1) is 18.2. The van der Waals surface area contributed by atoms with Crippen molar-refractivity contribution >= 4 is 22.8 Å². The van der Waals surface area contributed by atoms with E-state index in [-0.39, 0.29) is 24.9 Å². The molecule has 2 amide bonds. The van der Waals surface area contributed by atoms with Crippen LogP contribution in [-0.4, -0.2) is 71.2 Å². The maximum atomic E-state index is 14.0. The Morgan fingerprint density at radius 2 is 1.87 bits per heavy atom. The fraction of sp³-hybridized carbons (Fsp3) is 0.500. The fourth-order valence-electron chi connectivity index (χ4n) is 4.13. The van der Waals surface area contributed by atoms with Gasteiger partial charge in [-0.2, -0.15) is 0 Å². The zero-order valence-corrected chi connectivity index (χ0v) is 23.2. The van der Waals surface area contributed by atoms with Gasteiger partial charge in [-0.1, -0.05) is 24.3 Å². The molecule has 1 heterocycles. The van der Waals surface area contributed by atoms with Crippen LogP contribution in [0, 0.1) is 0 Å². The van der Waals surface area contributed by atoms with E-state index in [1.807, 2.05) is 52.0 Å². The summed E-state index contributed by atoms with van der Waals surface area (Å²) in [5.41, 5.74) is 1.48. The van der Waals surface area contributed by atoms with Crippen molar-refractivity contribution in [2.75, 3.05) is 34.0 Å². The van der Waals surface area contributed by atoms with E-state index in [0.29, 0.717) is 48.6 Å². The molecule has 10 heteroatoms. The third kappa shape index (κ3) is 7.00. The molecule has 0 aliphatic carbocycles. The van der Waals surface area contributed by atoms with Crippen molar-refractivity contribution in [3.05, 3.63) is 48.0 Å². The second kappa shape index (κ2) is 13.2. The minimum atomic E-state index is -0.977. The topological polar surface area (TPSA) is 108 Å². The highest BCUT2D eigenvalue weighted by Gasteiger charge is 2.36. The third-order valence-electron chi connectivity index (χ3n) is 6.55. The number of nitrogens with zero attached hydrogens (tertiary/aromatic N) is 4. The molecule has 0 saturated heterocycles. The number of nitrogens with one attached hydrogen (secondary N) is 1. The molecule has 0 fully saturated rings. The number of amides is 2. The van der Waals surface area contributed by atoms with Gasteiger partial charge < -0.3 is 24.4 Å². The highest BCUT2D eigenvalue weighted by molar-refractivity contribution is 5.90. The first-order valence-electron chi connectivity index (χ1n) is 12.9. The number of ether oxygens (including phenoxy) is 3. The summed E-state index contributed by atoms with van der Waals surface area (Å²) in [6.45, 7) is 9.05. The minimum Gasteiger partial charge on any atom is -0.497 e. The number of fused-ring (bicyclic) bond motifs is 1. The van der Waals surface area contributed by atoms with Gasteiger partial charge in [-0.25, -0.2) is 4.68 Å². The van der Waals surface area contributed by atoms with Crippen LogP contribution in [0.3, 0.4) is 0 Å². The van der Waals surface area contributed by atoms with Gasteiger partial charge in [0.1, 0.15) is 29.6 Å². The molecule has 3 aromatic rings. The van der Waals surface area contributed by atoms with Gasteiger partial charge in [-0.3, -0.25) is 9.59 Å². The largest absolute Gasteiger partial charge is 0.497 e. The lowest BCUT2D eigenvalue weighted by molar-refractivity contribution is -0.142. The third-order valence-corrected chi connectivity index (χ3v) is 6.55. The summed E-state index contributed by atoms with van der Waals surface area (Å²) in [6, 6.07) is 11.7. The minimum absolute atomic E-state index is 0.0810. The summed E-state index contributed by atoms with van der Waals surface area (Å²) >= 11 is 0. The summed E-state index contributed by atoms with van der Waals surface area (Å²) in [5.74, 6) is 0.444. The highest BCUT2D eigenvalue weighted by atomic mass is 16.5. The first kappa shape index (κ1) is 28.9. The van der Waals surface area contributed by atoms with Gasteiger partial charge >= 0.3 is 0 Å². The van der Waals surface area contributed by atoms with Gasteiger partial charge in [0.25, 0.3) is 0 Å². The molecular weight excluding hydrogens is 486 g/mol. The van der Waals surface area contributed by atoms with E-state index in [0.717, 1.165) is 5.52 Å². The maximum absolute atomic E-state index is 14.0. The molecule has 0 aliphatic heterocycles. The van der Waals surface area contributed by atoms with Gasteiger partial charge in [-0.15, -0.1) is 5.10 Å². The van der Waals surface area contributed by atoms with Gasteiger partial charge in [0.15, 0.2) is 0 Å². The predicted octanol–water partition coefficient (Wildman–Crippen LogP) is 3.75. The number of carbonyl (C=O) groups excluding carboxylic acids is 2. The molecule has 1 N–H and O–H groups in total. The Hall–Kier alpha value is -3.66. The molecule has 0 radical (unpaired) electrons. The number of para-hydroxylation sites is 1. The lowest BCUT2D eigenvalue weighted by Gasteiger charge is -2.35. The molecule has 2 aromatic carbocycles. The molecule has 0 aliphatic rings. The predicted molar refractivity (Wildman–Crippen MR) is 145 cm³/mol. The number of rotatable bonds is 14. The van der Waals surface area contributed by atoms with E-state index in [1.54, 1.807) is 42.0 Å². The van der Waals surface area contributed by atoms with Gasteiger partial charge in [0.2, 0.25) is 11.8 Å². The van der Waals surface area contributed by atoms with Crippen molar-refractivity contribution in [3.8, 4) is 11.5 Å². The molecule has 0 saturated carbocycles. The van der Waals surface area contributed by atoms with Crippen LogP contribution < -0.4 is 14.8 Å². The summed E-state index contributed by atoms with van der Waals surface area (Å²) in [7, 11) is 3.10. The van der Waals surface area contributed by atoms with Crippen molar-refractivity contribution in [2.24, 2.45) is 0 Å². The summed E-state index contributed by atoms with van der Waals surface area (Å²) in [4.78, 5) is 29.5. The van der Waals surface area contributed by atoms with E-state index < -0.39 is 11.6 Å². The number of carbonyl (C=O) groups is 2. The van der Waals surface area contributed by atoms with Crippen LogP contribution in [0.2, 0.25) is 0 Å². The quantitative estimate of drug-likeness (QED) is 0.319. The van der Waals surface area contributed by atoms with E-state index in [4.69, 9.17) is 14.2 Å². The molecule has 0 unspecified atom stereocenters. The first-order valence-corrected chi connectivity index (χ1v) is 12.9. The molecule has 0 bridgehead atoms. The van der Waals surface area contributed by atoms with E-state index in [9.17, 15) is 9.59 Å². The van der Waals surface area contributed by atoms with Crippen molar-refractivity contribution in [1.29, 1.82) is 0 Å². The number of aromatic nitrogens is 3. The van der Waals surface area contributed by atoms with Crippen LogP contribution in [0.1, 0.15) is 52.1 Å². The Morgan fingerprint density at radius 3 is 2.55 bits per heavy atom. The Bertz CT molecular complexity index is 1230. The van der Waals surface area contributed by atoms with E-state index in [1.165, 1.54) is 0 Å². The van der Waals surface area contributed by atoms with E-state index in [2.05, 4.69) is 15.6 Å². The van der Waals surface area contributed by atoms with Gasteiger partial charge in [0.05, 0.1) is 19.7 Å². The normalized spacial score (nSPS) is 12.3. The van der Waals surface area contributed by atoms with Crippen molar-refractivity contribution in [1.82, 2.24) is 25.2 Å². The number of benzene rings is 2. The second-order valence-electron chi connectivity index (χ2n) is 9.61. The lowest BCUT2D eigenvalue weighted by Crippen LogP contribution is -2.51. The molecule has 1 aromatic heterocycles. The smallest absolute Gasteiger partial charge is 0.248 e. The zero-order valence-electron chi connectivity index (χ0n) is 23.2. The molecule has 206 valence electrons. The molecular formula is C28H39N5O5. The number of hydrogen-bond donors (Lipinski definition) is 1. The molecule has 3 rings (SSSR count). The fourth-order valence-corrected chi connectivity index (χ4v) is 4.13. The number of methoxy groups -OCH3 is 2. The van der Waals surface area contributed by atoms with Gasteiger partial charge in [0, 0.05) is 30.9 Å². The Labute approximate surface area is 224 Å². The average molecular weight is 526 g/mol. The van der Waals surface area contributed by atoms with Crippen LogP contribution in [0.15, 0.2) is 42.5 Å². The van der Waals surface area contributed by atoms with Crippen LogP contribution >= 0.6 is 0 Å². The summed E-state index contributed by atoms with van der Waals surface area (Å²) < 4.78 is 18.2. The average Bonchev–Trinajstić information content (AvgIpc) is 3.32. The standard InChI is InChI=1S/C28H39N5O5/c1-7-28(3,4)29-27(35)26(21-18-20(36-5)14-15-24(21)37-6)32(16-11-17-38-8-2)25(34)19-33-23-13-10-9-12-22(23)30-31-33/h9-10,12-15,18,26H,7-8,11,16-17,19H2,1-6H3,(H,29,35)/t26-/m1/s1. The molecule has 38 heavy (non-hydrogen) atoms. The highest BCUT2D eigenvalue weighted by Crippen LogP contribution is 2.34. The maximum Gasteiger partial charge on any atom is 0.248 e. The molecule has 10 nitrogen and oxygen atoms in total. The van der Waals surface area contributed by atoms with Gasteiger partial charge in [-0.05, 0) is 63.9 Å². The van der Waals surface area contributed by atoms with Crippen LogP contribution in [-0.2, 0) is 20.9 Å². The van der Waals surface area contributed by atoms with Crippen molar-refractivity contribution in [2.45, 2.75) is 58.7 Å². The van der Waals surface area contributed by atoms with E-state index >= 15 is 0 Å². The van der Waals surface area contributed by atoms with Crippen LogP contribution in [0.5, 0.6) is 11.5 Å². The summed E-state index contributed by atoms with van der Waals surface area (Å²) in [5, 5.41) is 11.5. The molecule has 1 atom stereocenters. The van der Waals surface area contributed by atoms with Crippen LogP contribution in [0.25, 0.3) is 11.0 Å². The monoisotopic (exact) mass is 525 g/mol.